The Morgan fingerprint density at radius 3 is 2.39 bits per heavy atom. The van der Waals surface area contributed by atoms with E-state index in [0.29, 0.717) is 18.7 Å². The Labute approximate surface area is 108 Å². The maximum Gasteiger partial charge on any atom is 0.333 e. The fourth-order valence-corrected chi connectivity index (χ4v) is 1.07. The van der Waals surface area contributed by atoms with Gasteiger partial charge in [0.15, 0.2) is 0 Å². The van der Waals surface area contributed by atoms with Crippen LogP contribution in [0.1, 0.15) is 19.8 Å². The lowest BCUT2D eigenvalue weighted by molar-refractivity contribution is -0.138. The number of unbranched alkanes of at least 4 members (excludes halogenated alkanes) is 1. The van der Waals surface area contributed by atoms with Crippen molar-refractivity contribution in [1.29, 1.82) is 0 Å². The highest BCUT2D eigenvalue weighted by Gasteiger charge is 2.03. The molecule has 0 unspecified atom stereocenters. The van der Waals surface area contributed by atoms with Gasteiger partial charge in [-0.3, -0.25) is 0 Å². The van der Waals surface area contributed by atoms with Crippen LogP contribution in [-0.4, -0.2) is 45.4 Å². The Hall–Kier alpha value is -1.56. The summed E-state index contributed by atoms with van der Waals surface area (Å²) < 4.78 is 9.70. The first-order chi connectivity index (χ1) is 8.57. The minimum Gasteiger partial charge on any atom is -0.460 e. The second kappa shape index (κ2) is 10.6. The van der Waals surface area contributed by atoms with Crippen molar-refractivity contribution in [2.24, 2.45) is 0 Å². The average Bonchev–Trinajstić information content (AvgIpc) is 2.34. The zero-order chi connectivity index (χ0) is 13.8. The van der Waals surface area contributed by atoms with Crippen molar-refractivity contribution in [3.63, 3.8) is 0 Å². The molecule has 0 atom stereocenters. The molecule has 18 heavy (non-hydrogen) atoms. The van der Waals surface area contributed by atoms with Gasteiger partial charge in [0.05, 0.1) is 6.54 Å². The Bertz CT molecular complexity index is 279. The van der Waals surface area contributed by atoms with E-state index >= 15 is 0 Å². The molecule has 0 rings (SSSR count). The van der Waals surface area contributed by atoms with Gasteiger partial charge in [0.25, 0.3) is 0 Å². The molecule has 0 aliphatic rings. The molecule has 0 aromatic carbocycles. The topological polar surface area (TPSA) is 76.7 Å². The standard InChI is InChI=1S/C12H22N2O4/c1-10(2)11(15)18-9-7-14-12(16)13-6-4-5-8-17-3/h1,4-9H2,2-3H3,(H2,13,14,16). The summed E-state index contributed by atoms with van der Waals surface area (Å²) in [6, 6.07) is -0.265. The molecule has 0 aromatic heterocycles. The molecule has 6 heteroatoms. The number of amides is 2. The number of rotatable bonds is 9. The van der Waals surface area contributed by atoms with Crippen LogP contribution >= 0.6 is 0 Å². The summed E-state index contributed by atoms with van der Waals surface area (Å²) in [6.45, 7) is 6.74. The molecule has 0 spiro atoms. The Balaban J connectivity index is 3.37. The van der Waals surface area contributed by atoms with Crippen molar-refractivity contribution >= 4 is 12.0 Å². The van der Waals surface area contributed by atoms with Gasteiger partial charge in [-0.05, 0) is 19.8 Å². The van der Waals surface area contributed by atoms with E-state index in [4.69, 9.17) is 9.47 Å². The summed E-state index contributed by atoms with van der Waals surface area (Å²) in [5.74, 6) is -0.447. The molecule has 0 heterocycles. The molecular formula is C12H22N2O4. The number of urea groups is 1. The number of hydrogen-bond donors (Lipinski definition) is 2. The van der Waals surface area contributed by atoms with Crippen LogP contribution in [0.4, 0.5) is 4.79 Å². The average molecular weight is 258 g/mol. The van der Waals surface area contributed by atoms with Crippen molar-refractivity contribution in [2.45, 2.75) is 19.8 Å². The molecule has 0 fully saturated rings. The fourth-order valence-electron chi connectivity index (χ4n) is 1.07. The second-order valence-corrected chi connectivity index (χ2v) is 3.80. The Kier molecular flexibility index (Phi) is 9.67. The molecule has 2 N–H and O–H groups in total. The van der Waals surface area contributed by atoms with Crippen LogP contribution in [0, 0.1) is 0 Å². The molecule has 6 nitrogen and oxygen atoms in total. The zero-order valence-electron chi connectivity index (χ0n) is 11.1. The van der Waals surface area contributed by atoms with Crippen LogP contribution < -0.4 is 10.6 Å². The Morgan fingerprint density at radius 1 is 1.11 bits per heavy atom. The third-order valence-electron chi connectivity index (χ3n) is 2.03. The van der Waals surface area contributed by atoms with Crippen molar-refractivity contribution in [3.05, 3.63) is 12.2 Å². The van der Waals surface area contributed by atoms with Crippen LogP contribution in [0.5, 0.6) is 0 Å². The van der Waals surface area contributed by atoms with E-state index in [9.17, 15) is 9.59 Å². The minimum absolute atomic E-state index is 0.142. The number of hydrogen-bond acceptors (Lipinski definition) is 4. The SMILES string of the molecule is C=C(C)C(=O)OCCNC(=O)NCCCCOC. The van der Waals surface area contributed by atoms with Crippen LogP contribution in [-0.2, 0) is 14.3 Å². The van der Waals surface area contributed by atoms with Crippen LogP contribution in [0.15, 0.2) is 12.2 Å². The highest BCUT2D eigenvalue weighted by molar-refractivity contribution is 5.86. The second-order valence-electron chi connectivity index (χ2n) is 3.80. The number of carbonyl (C=O) groups excluding carboxylic acids is 2. The van der Waals surface area contributed by atoms with Gasteiger partial charge in [0, 0.05) is 25.8 Å². The summed E-state index contributed by atoms with van der Waals surface area (Å²) in [5, 5.41) is 5.27. The monoisotopic (exact) mass is 258 g/mol. The minimum atomic E-state index is -0.447. The first kappa shape index (κ1) is 16.4. The first-order valence-electron chi connectivity index (χ1n) is 5.91. The smallest absolute Gasteiger partial charge is 0.333 e. The molecule has 104 valence electrons. The van der Waals surface area contributed by atoms with E-state index in [1.165, 1.54) is 0 Å². The quantitative estimate of drug-likeness (QED) is 0.365. The summed E-state index contributed by atoms with van der Waals surface area (Å²) in [4.78, 5) is 22.2. The third kappa shape index (κ3) is 9.65. The van der Waals surface area contributed by atoms with Gasteiger partial charge in [-0.15, -0.1) is 0 Å². The lowest BCUT2D eigenvalue weighted by Crippen LogP contribution is -2.38. The number of methoxy groups -OCH3 is 1. The maximum atomic E-state index is 11.2. The van der Waals surface area contributed by atoms with E-state index in [-0.39, 0.29) is 19.2 Å². The first-order valence-corrected chi connectivity index (χ1v) is 5.91. The third-order valence-corrected chi connectivity index (χ3v) is 2.03. The highest BCUT2D eigenvalue weighted by atomic mass is 16.5. The van der Waals surface area contributed by atoms with Crippen molar-refractivity contribution in [3.8, 4) is 0 Å². The molecule has 0 saturated carbocycles. The summed E-state index contributed by atoms with van der Waals surface area (Å²) in [7, 11) is 1.65. The van der Waals surface area contributed by atoms with Gasteiger partial charge >= 0.3 is 12.0 Å². The van der Waals surface area contributed by atoms with Gasteiger partial charge in [0.2, 0.25) is 0 Å². The predicted octanol–water partition coefficient (Wildman–Crippen LogP) is 0.831. The molecule has 0 aromatic rings. The summed E-state index contributed by atoms with van der Waals surface area (Å²) in [5.41, 5.74) is 0.345. The normalized spacial score (nSPS) is 9.67. The highest BCUT2D eigenvalue weighted by Crippen LogP contribution is 1.90. The van der Waals surface area contributed by atoms with Crippen molar-refractivity contribution in [2.75, 3.05) is 33.4 Å². The van der Waals surface area contributed by atoms with Gasteiger partial charge in [-0.25, -0.2) is 9.59 Å². The van der Waals surface area contributed by atoms with E-state index in [1.54, 1.807) is 14.0 Å². The largest absolute Gasteiger partial charge is 0.460 e. The number of esters is 1. The van der Waals surface area contributed by atoms with Gasteiger partial charge in [-0.2, -0.15) is 0 Å². The van der Waals surface area contributed by atoms with E-state index in [0.717, 1.165) is 12.8 Å². The fraction of sp³-hybridized carbons (Fsp3) is 0.667. The van der Waals surface area contributed by atoms with Gasteiger partial charge in [0.1, 0.15) is 6.61 Å². The lowest BCUT2D eigenvalue weighted by atomic mass is 10.3. The molecule has 2 amide bonds. The summed E-state index contributed by atoms with van der Waals surface area (Å²) >= 11 is 0. The predicted molar refractivity (Wildman–Crippen MR) is 68.3 cm³/mol. The lowest BCUT2D eigenvalue weighted by Gasteiger charge is -2.08. The molecular weight excluding hydrogens is 236 g/mol. The molecule has 0 aliphatic carbocycles. The Morgan fingerprint density at radius 2 is 1.78 bits per heavy atom. The molecule has 0 saturated heterocycles. The molecule has 0 bridgehead atoms. The summed E-state index contributed by atoms with van der Waals surface area (Å²) in [6.07, 6.45) is 1.78. The van der Waals surface area contributed by atoms with Crippen molar-refractivity contribution in [1.82, 2.24) is 10.6 Å². The van der Waals surface area contributed by atoms with Gasteiger partial charge < -0.3 is 20.1 Å². The number of ether oxygens (including phenoxy) is 2. The van der Waals surface area contributed by atoms with Gasteiger partial charge in [-0.1, -0.05) is 6.58 Å². The number of carbonyl (C=O) groups is 2. The maximum absolute atomic E-state index is 11.2. The van der Waals surface area contributed by atoms with E-state index in [1.807, 2.05) is 0 Å². The number of nitrogens with one attached hydrogen (secondary N) is 2. The van der Waals surface area contributed by atoms with Crippen LogP contribution in [0.2, 0.25) is 0 Å². The van der Waals surface area contributed by atoms with E-state index in [2.05, 4.69) is 17.2 Å². The molecule has 0 aliphatic heterocycles. The van der Waals surface area contributed by atoms with Crippen molar-refractivity contribution < 1.29 is 19.1 Å². The zero-order valence-corrected chi connectivity index (χ0v) is 11.1. The van der Waals surface area contributed by atoms with Crippen LogP contribution in [0.25, 0.3) is 0 Å². The van der Waals surface area contributed by atoms with E-state index < -0.39 is 5.97 Å². The van der Waals surface area contributed by atoms with Crippen LogP contribution in [0.3, 0.4) is 0 Å². The molecule has 0 radical (unpaired) electrons.